The van der Waals surface area contributed by atoms with Crippen molar-refractivity contribution < 1.29 is 4.42 Å². The fraction of sp³-hybridized carbons (Fsp3) is 0. The summed E-state index contributed by atoms with van der Waals surface area (Å²) < 4.78 is 6.26. The van der Waals surface area contributed by atoms with E-state index in [1.165, 1.54) is 49.7 Å². The van der Waals surface area contributed by atoms with Crippen LogP contribution in [-0.4, -0.2) is 0 Å². The molecule has 0 atom stereocenters. The van der Waals surface area contributed by atoms with Crippen LogP contribution in [0.2, 0.25) is 0 Å². The summed E-state index contributed by atoms with van der Waals surface area (Å²) in [7, 11) is 0. The Kier molecular flexibility index (Phi) is 8.55. The number of benzene rings is 9. The van der Waals surface area contributed by atoms with Gasteiger partial charge in [-0.2, -0.15) is 0 Å². The predicted molar refractivity (Wildman–Crippen MR) is 236 cm³/mol. The van der Waals surface area contributed by atoms with Gasteiger partial charge in [-0.3, -0.25) is 0 Å². The largest absolute Gasteiger partial charge is 0.456 e. The first kappa shape index (κ1) is 33.2. The Morgan fingerprint density at radius 1 is 0.304 bits per heavy atom. The summed E-state index contributed by atoms with van der Waals surface area (Å²) in [4.78, 5) is 2.37. The van der Waals surface area contributed by atoms with Crippen molar-refractivity contribution in [1.82, 2.24) is 0 Å². The van der Waals surface area contributed by atoms with Crippen molar-refractivity contribution in [3.05, 3.63) is 224 Å². The van der Waals surface area contributed by atoms with E-state index in [1.54, 1.807) is 0 Å². The van der Waals surface area contributed by atoms with Crippen LogP contribution in [0.25, 0.3) is 77.6 Å². The summed E-state index contributed by atoms with van der Waals surface area (Å²) in [6, 6.07) is 80.0. The highest BCUT2D eigenvalue weighted by Crippen LogP contribution is 2.44. The lowest BCUT2D eigenvalue weighted by atomic mass is 9.89. The molecule has 0 aliphatic rings. The molecule has 0 N–H and O–H groups in total. The highest BCUT2D eigenvalue weighted by Gasteiger charge is 2.19. The van der Waals surface area contributed by atoms with E-state index in [2.05, 4.69) is 211 Å². The minimum absolute atomic E-state index is 0.871. The number of hydrogen-bond donors (Lipinski definition) is 0. The van der Waals surface area contributed by atoms with Crippen molar-refractivity contribution in [2.45, 2.75) is 0 Å². The summed E-state index contributed by atoms with van der Waals surface area (Å²) >= 11 is 0. The second kappa shape index (κ2) is 14.4. The molecule has 0 unspecified atom stereocenters. The number of furan rings is 1. The SMILES string of the molecule is c1ccc(-c2ccccc2-c2ccccc2-c2ccc(N(c3ccccc3)c3ccc(-c4cccc(-c5cc6ccccc6o5)c4)c4ccccc34)cc2)cc1. The smallest absolute Gasteiger partial charge is 0.135 e. The third kappa shape index (κ3) is 6.14. The molecule has 0 saturated heterocycles. The summed E-state index contributed by atoms with van der Waals surface area (Å²) in [5, 5.41) is 3.47. The van der Waals surface area contributed by atoms with Crippen LogP contribution in [0, 0.1) is 0 Å². The normalized spacial score (nSPS) is 11.2. The second-order valence-electron chi connectivity index (χ2n) is 14.1. The molecule has 2 heteroatoms. The molecule has 0 aliphatic heterocycles. The standard InChI is InChI=1S/C54H37NO/c1-3-16-38(17-4-1)45-23-8-10-25-48(45)49-26-11-9-24-46(49)39-30-32-44(33-31-39)55(43-21-5-2-6-22-43)52-35-34-47(50-27-12-13-28-51(50)52)40-19-15-20-41(36-40)54-37-42-18-7-14-29-53(42)56-54/h1-37H. The van der Waals surface area contributed by atoms with Gasteiger partial charge < -0.3 is 9.32 Å². The van der Waals surface area contributed by atoms with Crippen molar-refractivity contribution in [3.8, 4) is 55.8 Å². The van der Waals surface area contributed by atoms with Gasteiger partial charge >= 0.3 is 0 Å². The maximum absolute atomic E-state index is 6.26. The van der Waals surface area contributed by atoms with Gasteiger partial charge in [0.1, 0.15) is 11.3 Å². The van der Waals surface area contributed by atoms with Crippen LogP contribution >= 0.6 is 0 Å². The van der Waals surface area contributed by atoms with E-state index in [9.17, 15) is 0 Å². The van der Waals surface area contributed by atoms with Crippen LogP contribution in [-0.2, 0) is 0 Å². The van der Waals surface area contributed by atoms with Crippen molar-refractivity contribution >= 4 is 38.8 Å². The third-order valence-corrected chi connectivity index (χ3v) is 10.7. The van der Waals surface area contributed by atoms with Crippen LogP contribution in [0.15, 0.2) is 229 Å². The Balaban J connectivity index is 1.05. The zero-order chi connectivity index (χ0) is 37.3. The fourth-order valence-electron chi connectivity index (χ4n) is 8.05. The molecule has 9 aromatic carbocycles. The molecule has 0 saturated carbocycles. The molecule has 10 aromatic rings. The van der Waals surface area contributed by atoms with E-state index in [0.29, 0.717) is 0 Å². The first-order valence-electron chi connectivity index (χ1n) is 19.1. The molecule has 0 aliphatic carbocycles. The minimum Gasteiger partial charge on any atom is -0.456 e. The molecule has 0 spiro atoms. The summed E-state index contributed by atoms with van der Waals surface area (Å²) in [6.07, 6.45) is 0. The fourth-order valence-corrected chi connectivity index (χ4v) is 8.05. The van der Waals surface area contributed by atoms with Crippen LogP contribution in [0.3, 0.4) is 0 Å². The quantitative estimate of drug-likeness (QED) is 0.156. The molecule has 0 bridgehead atoms. The van der Waals surface area contributed by atoms with Gasteiger partial charge in [0.25, 0.3) is 0 Å². The number of anilines is 3. The Morgan fingerprint density at radius 3 is 1.55 bits per heavy atom. The number of nitrogens with zero attached hydrogens (tertiary/aromatic N) is 1. The van der Waals surface area contributed by atoms with Gasteiger partial charge in [-0.15, -0.1) is 0 Å². The Hall–Kier alpha value is -7.42. The van der Waals surface area contributed by atoms with E-state index in [-0.39, 0.29) is 0 Å². The third-order valence-electron chi connectivity index (χ3n) is 10.7. The van der Waals surface area contributed by atoms with Gasteiger partial charge in [0.2, 0.25) is 0 Å². The van der Waals surface area contributed by atoms with Crippen molar-refractivity contribution in [2.75, 3.05) is 4.90 Å². The van der Waals surface area contributed by atoms with E-state index in [0.717, 1.165) is 44.9 Å². The monoisotopic (exact) mass is 715 g/mol. The van der Waals surface area contributed by atoms with Gasteiger partial charge in [0, 0.05) is 27.7 Å². The van der Waals surface area contributed by atoms with Gasteiger partial charge in [-0.05, 0) is 98.4 Å². The van der Waals surface area contributed by atoms with Gasteiger partial charge in [-0.25, -0.2) is 0 Å². The maximum atomic E-state index is 6.26. The number of rotatable bonds is 8. The average Bonchev–Trinajstić information content (AvgIpc) is 3.72. The lowest BCUT2D eigenvalue weighted by Gasteiger charge is -2.28. The summed E-state index contributed by atoms with van der Waals surface area (Å²) in [5.74, 6) is 0.871. The average molecular weight is 716 g/mol. The molecule has 0 fully saturated rings. The van der Waals surface area contributed by atoms with Gasteiger partial charge in [0.05, 0.1) is 5.69 Å². The second-order valence-corrected chi connectivity index (χ2v) is 14.1. The highest BCUT2D eigenvalue weighted by atomic mass is 16.3. The molecule has 10 rings (SSSR count). The van der Waals surface area contributed by atoms with Crippen LogP contribution in [0.5, 0.6) is 0 Å². The number of hydrogen-bond acceptors (Lipinski definition) is 2. The van der Waals surface area contributed by atoms with Crippen LogP contribution in [0.4, 0.5) is 17.1 Å². The molecule has 264 valence electrons. The maximum Gasteiger partial charge on any atom is 0.135 e. The van der Waals surface area contributed by atoms with Crippen molar-refractivity contribution in [2.24, 2.45) is 0 Å². The molecule has 0 radical (unpaired) electrons. The van der Waals surface area contributed by atoms with Crippen LogP contribution in [0.1, 0.15) is 0 Å². The first-order valence-corrected chi connectivity index (χ1v) is 19.1. The number of para-hydroxylation sites is 2. The molecular formula is C54H37NO. The van der Waals surface area contributed by atoms with Crippen LogP contribution < -0.4 is 4.90 Å². The van der Waals surface area contributed by atoms with Crippen molar-refractivity contribution in [3.63, 3.8) is 0 Å². The van der Waals surface area contributed by atoms with Gasteiger partial charge in [-0.1, -0.05) is 176 Å². The lowest BCUT2D eigenvalue weighted by molar-refractivity contribution is 0.631. The lowest BCUT2D eigenvalue weighted by Crippen LogP contribution is -2.10. The topological polar surface area (TPSA) is 16.4 Å². The molecule has 2 nitrogen and oxygen atoms in total. The first-order chi connectivity index (χ1) is 27.8. The Morgan fingerprint density at radius 2 is 0.839 bits per heavy atom. The zero-order valence-electron chi connectivity index (χ0n) is 30.7. The zero-order valence-corrected chi connectivity index (χ0v) is 30.7. The Labute approximate surface area is 327 Å². The summed E-state index contributed by atoms with van der Waals surface area (Å²) in [5.41, 5.74) is 14.8. The summed E-state index contributed by atoms with van der Waals surface area (Å²) in [6.45, 7) is 0. The molecule has 56 heavy (non-hydrogen) atoms. The molecule has 0 amide bonds. The van der Waals surface area contributed by atoms with E-state index < -0.39 is 0 Å². The molecule has 1 heterocycles. The predicted octanol–water partition coefficient (Wildman–Crippen LogP) is 15.4. The highest BCUT2D eigenvalue weighted by molar-refractivity contribution is 6.06. The molecule has 1 aromatic heterocycles. The van der Waals surface area contributed by atoms with Crippen molar-refractivity contribution in [1.29, 1.82) is 0 Å². The van der Waals surface area contributed by atoms with E-state index in [1.807, 2.05) is 18.2 Å². The number of fused-ring (bicyclic) bond motifs is 2. The van der Waals surface area contributed by atoms with E-state index >= 15 is 0 Å². The minimum atomic E-state index is 0.871. The van der Waals surface area contributed by atoms with E-state index in [4.69, 9.17) is 4.42 Å². The Bertz CT molecular complexity index is 2930. The van der Waals surface area contributed by atoms with Gasteiger partial charge in [0.15, 0.2) is 0 Å². The molecular weight excluding hydrogens is 679 g/mol.